The summed E-state index contributed by atoms with van der Waals surface area (Å²) in [4.78, 5) is 27.0. The number of ketones is 1. The summed E-state index contributed by atoms with van der Waals surface area (Å²) in [6, 6.07) is 16.1. The van der Waals surface area contributed by atoms with E-state index in [0.717, 1.165) is 12.8 Å². The Morgan fingerprint density at radius 2 is 1.56 bits per heavy atom. The van der Waals surface area contributed by atoms with Crippen molar-refractivity contribution in [1.82, 2.24) is 4.90 Å². The Balaban J connectivity index is 1.57. The normalized spacial score (nSPS) is 14.6. The third kappa shape index (κ3) is 4.84. The minimum Gasteiger partial charge on any atom is -0.369 e. The van der Waals surface area contributed by atoms with Crippen LogP contribution in [0.1, 0.15) is 39.1 Å². The molecule has 1 heterocycles. The third-order valence-electron chi connectivity index (χ3n) is 4.87. The lowest BCUT2D eigenvalue weighted by atomic mass is 9.97. The Morgan fingerprint density at radius 1 is 0.963 bits per heavy atom. The van der Waals surface area contributed by atoms with Gasteiger partial charge in [-0.25, -0.2) is 0 Å². The zero-order chi connectivity index (χ0) is 19.1. The Morgan fingerprint density at radius 3 is 2.19 bits per heavy atom. The number of terminal acetylenes is 1. The van der Waals surface area contributed by atoms with E-state index in [-0.39, 0.29) is 11.7 Å². The number of likely N-dealkylation sites (tertiary alicyclic amines) is 1. The zero-order valence-corrected chi connectivity index (χ0v) is 15.3. The van der Waals surface area contributed by atoms with Gasteiger partial charge in [0, 0.05) is 29.8 Å². The minimum absolute atomic E-state index is 0.0108. The second kappa shape index (κ2) is 9.16. The van der Waals surface area contributed by atoms with Crippen molar-refractivity contribution < 1.29 is 14.3 Å². The number of rotatable bonds is 6. The number of hydrogen-bond donors (Lipinski definition) is 0. The number of benzene rings is 2. The summed E-state index contributed by atoms with van der Waals surface area (Å²) >= 11 is 0. The monoisotopic (exact) mass is 361 g/mol. The predicted molar refractivity (Wildman–Crippen MR) is 105 cm³/mol. The largest absolute Gasteiger partial charge is 0.369 e. The molecule has 0 spiro atoms. The predicted octanol–water partition coefficient (Wildman–Crippen LogP) is 3.42. The van der Waals surface area contributed by atoms with Gasteiger partial charge in [0.2, 0.25) is 0 Å². The van der Waals surface area contributed by atoms with E-state index < -0.39 is 0 Å². The first-order valence-corrected chi connectivity index (χ1v) is 9.19. The summed E-state index contributed by atoms with van der Waals surface area (Å²) in [5, 5.41) is 0. The van der Waals surface area contributed by atoms with Gasteiger partial charge in [0.25, 0.3) is 5.91 Å². The molecule has 0 radical (unpaired) electrons. The molecule has 1 amide bonds. The van der Waals surface area contributed by atoms with Crippen molar-refractivity contribution in [3.05, 3.63) is 71.3 Å². The Labute approximate surface area is 160 Å². The molecule has 0 atom stereocenters. The van der Waals surface area contributed by atoms with Gasteiger partial charge in [0.1, 0.15) is 6.61 Å². The van der Waals surface area contributed by atoms with Crippen LogP contribution in [0.4, 0.5) is 0 Å². The van der Waals surface area contributed by atoms with Crippen molar-refractivity contribution in [2.24, 2.45) is 5.92 Å². The van der Waals surface area contributed by atoms with E-state index in [2.05, 4.69) is 5.92 Å². The van der Waals surface area contributed by atoms with Gasteiger partial charge in [-0.3, -0.25) is 9.59 Å². The van der Waals surface area contributed by atoms with Crippen LogP contribution in [0.3, 0.4) is 0 Å². The summed E-state index contributed by atoms with van der Waals surface area (Å²) in [5.41, 5.74) is 1.84. The van der Waals surface area contributed by atoms with Crippen LogP contribution in [-0.4, -0.2) is 42.9 Å². The molecule has 2 aromatic carbocycles. The Bertz CT molecular complexity index is 813. The van der Waals surface area contributed by atoms with Crippen molar-refractivity contribution in [3.8, 4) is 12.3 Å². The number of ether oxygens (including phenoxy) is 1. The fourth-order valence-corrected chi connectivity index (χ4v) is 3.29. The van der Waals surface area contributed by atoms with Crippen LogP contribution >= 0.6 is 0 Å². The van der Waals surface area contributed by atoms with Crippen LogP contribution < -0.4 is 0 Å². The number of carbonyl (C=O) groups excluding carboxylic acids is 2. The van der Waals surface area contributed by atoms with Crippen LogP contribution in [0.5, 0.6) is 0 Å². The molecule has 138 valence electrons. The van der Waals surface area contributed by atoms with Crippen LogP contribution in [0, 0.1) is 18.3 Å². The summed E-state index contributed by atoms with van der Waals surface area (Å²) in [7, 11) is 0. The van der Waals surface area contributed by atoms with Crippen molar-refractivity contribution in [2.45, 2.75) is 12.8 Å². The van der Waals surface area contributed by atoms with E-state index in [1.807, 2.05) is 23.1 Å². The third-order valence-corrected chi connectivity index (χ3v) is 4.87. The lowest BCUT2D eigenvalue weighted by Crippen LogP contribution is -2.39. The van der Waals surface area contributed by atoms with Crippen molar-refractivity contribution in [1.29, 1.82) is 0 Å². The summed E-state index contributed by atoms with van der Waals surface area (Å²) < 4.78 is 5.40. The van der Waals surface area contributed by atoms with Gasteiger partial charge in [0.15, 0.2) is 5.78 Å². The van der Waals surface area contributed by atoms with Gasteiger partial charge in [-0.2, -0.15) is 0 Å². The molecule has 0 aromatic heterocycles. The molecule has 4 nitrogen and oxygen atoms in total. The van der Waals surface area contributed by atoms with E-state index >= 15 is 0 Å². The molecule has 0 saturated carbocycles. The lowest BCUT2D eigenvalue weighted by molar-refractivity contribution is 0.0582. The molecular formula is C23H23NO3. The average Bonchev–Trinajstić information content (AvgIpc) is 2.74. The fourth-order valence-electron chi connectivity index (χ4n) is 3.29. The van der Waals surface area contributed by atoms with E-state index in [4.69, 9.17) is 11.2 Å². The van der Waals surface area contributed by atoms with E-state index in [1.54, 1.807) is 36.4 Å². The zero-order valence-electron chi connectivity index (χ0n) is 15.3. The first kappa shape index (κ1) is 18.9. The molecular weight excluding hydrogens is 338 g/mol. The topological polar surface area (TPSA) is 46.6 Å². The summed E-state index contributed by atoms with van der Waals surface area (Å²) in [6.07, 6.45) is 7.02. The molecule has 0 unspecified atom stereocenters. The maximum Gasteiger partial charge on any atom is 0.253 e. The summed E-state index contributed by atoms with van der Waals surface area (Å²) in [6.45, 7) is 2.43. The van der Waals surface area contributed by atoms with Crippen LogP contribution in [0.25, 0.3) is 0 Å². The molecule has 27 heavy (non-hydrogen) atoms. The molecule has 4 heteroatoms. The Hall–Kier alpha value is -2.90. The highest BCUT2D eigenvalue weighted by atomic mass is 16.5. The van der Waals surface area contributed by atoms with Gasteiger partial charge >= 0.3 is 0 Å². The molecule has 0 N–H and O–H groups in total. The molecule has 2 aromatic rings. The second-order valence-corrected chi connectivity index (χ2v) is 6.73. The van der Waals surface area contributed by atoms with Crippen molar-refractivity contribution in [2.75, 3.05) is 26.3 Å². The van der Waals surface area contributed by atoms with Gasteiger partial charge in [-0.15, -0.1) is 6.42 Å². The van der Waals surface area contributed by atoms with E-state index in [0.29, 0.717) is 48.9 Å². The number of hydrogen-bond acceptors (Lipinski definition) is 3. The fraction of sp³-hybridized carbons (Fsp3) is 0.304. The number of carbonyl (C=O) groups is 2. The molecule has 1 fully saturated rings. The lowest BCUT2D eigenvalue weighted by Gasteiger charge is -2.31. The van der Waals surface area contributed by atoms with Gasteiger partial charge in [-0.05, 0) is 30.9 Å². The van der Waals surface area contributed by atoms with Crippen LogP contribution in [-0.2, 0) is 4.74 Å². The molecule has 0 bridgehead atoms. The van der Waals surface area contributed by atoms with Crippen LogP contribution in [0.2, 0.25) is 0 Å². The van der Waals surface area contributed by atoms with Crippen LogP contribution in [0.15, 0.2) is 54.6 Å². The Kier molecular flexibility index (Phi) is 6.40. The van der Waals surface area contributed by atoms with Gasteiger partial charge in [-0.1, -0.05) is 48.4 Å². The minimum atomic E-state index is -0.0395. The van der Waals surface area contributed by atoms with Crippen molar-refractivity contribution >= 4 is 11.7 Å². The highest BCUT2D eigenvalue weighted by molar-refractivity contribution is 6.09. The number of piperidine rings is 1. The maximum atomic E-state index is 12.7. The molecule has 1 saturated heterocycles. The maximum absolute atomic E-state index is 12.7. The molecule has 1 aliphatic rings. The standard InChI is InChI=1S/C23H23NO3/c1-2-16-27-17-18-12-14-24(15-13-18)23(26)21-10-8-20(9-11-21)22(25)19-6-4-3-5-7-19/h1,3-11,18H,12-17H2. The highest BCUT2D eigenvalue weighted by Gasteiger charge is 2.23. The van der Waals surface area contributed by atoms with Gasteiger partial charge in [0.05, 0.1) is 6.61 Å². The number of amides is 1. The quantitative estimate of drug-likeness (QED) is 0.450. The van der Waals surface area contributed by atoms with Gasteiger partial charge < -0.3 is 9.64 Å². The number of nitrogens with zero attached hydrogens (tertiary/aromatic N) is 1. The summed E-state index contributed by atoms with van der Waals surface area (Å²) in [5.74, 6) is 2.89. The first-order valence-electron chi connectivity index (χ1n) is 9.19. The van der Waals surface area contributed by atoms with Crippen molar-refractivity contribution in [3.63, 3.8) is 0 Å². The molecule has 1 aliphatic heterocycles. The average molecular weight is 361 g/mol. The molecule has 3 rings (SSSR count). The first-order chi connectivity index (χ1) is 13.2. The SMILES string of the molecule is C#CCOCC1CCN(C(=O)c2ccc(C(=O)c3ccccc3)cc2)CC1. The van der Waals surface area contributed by atoms with E-state index in [1.165, 1.54) is 0 Å². The smallest absolute Gasteiger partial charge is 0.253 e. The second-order valence-electron chi connectivity index (χ2n) is 6.73. The highest BCUT2D eigenvalue weighted by Crippen LogP contribution is 2.20. The van der Waals surface area contributed by atoms with E-state index in [9.17, 15) is 9.59 Å². The molecule has 0 aliphatic carbocycles.